The lowest BCUT2D eigenvalue weighted by atomic mass is 9.92. The predicted octanol–water partition coefficient (Wildman–Crippen LogP) is 5.19. The number of nitrogens with two attached hydrogens (primary N) is 1. The SMILES string of the molecule is CCC(=O)OCc1ccc2n(c1=O)Cc1c-2nc2cc(F)c(C)cc2c1CNC(=O)OCc1ccc(NC(=O)[C@H](CCCCN)NC(=O)[C@H](C)NC(=O)CCOCCOCCN2C(=O)CC(CC3CCCC3)C2=O)cc1. The van der Waals surface area contributed by atoms with E-state index >= 15 is 0 Å². The number of hydrogen-bond acceptors (Lipinski definition) is 14. The molecule has 7 rings (SSSR count). The first-order valence-corrected chi connectivity index (χ1v) is 26.2. The van der Waals surface area contributed by atoms with Gasteiger partial charge in [0.25, 0.3) is 5.56 Å². The van der Waals surface area contributed by atoms with Crippen LogP contribution < -0.4 is 32.6 Å². The Kier molecular flexibility index (Phi) is 20.2. The fourth-order valence-electron chi connectivity index (χ4n) is 9.77. The highest BCUT2D eigenvalue weighted by Gasteiger charge is 2.39. The van der Waals surface area contributed by atoms with E-state index in [1.165, 1.54) is 35.3 Å². The number of imide groups is 1. The molecule has 6 N–H and O–H groups in total. The molecule has 4 aromatic rings. The van der Waals surface area contributed by atoms with Gasteiger partial charge in [-0.15, -0.1) is 0 Å². The maximum Gasteiger partial charge on any atom is 0.407 e. The molecule has 0 bridgehead atoms. The van der Waals surface area contributed by atoms with Gasteiger partial charge in [-0.3, -0.25) is 38.5 Å². The number of aryl methyl sites for hydroxylation is 1. The molecule has 2 aromatic heterocycles. The number of unbranched alkanes of at least 4 members (excludes halogenated alkanes) is 1. The molecule has 2 fully saturated rings. The number of rotatable bonds is 27. The largest absolute Gasteiger partial charge is 0.461 e. The summed E-state index contributed by atoms with van der Waals surface area (Å²) in [6.07, 6.45) is 6.54. The number of alkyl carbamates (subject to hydrolysis) is 1. The topological polar surface area (TPSA) is 269 Å². The number of carbonyl (C=O) groups excluding carboxylic acids is 7. The van der Waals surface area contributed by atoms with Gasteiger partial charge in [-0.05, 0) is 99.0 Å². The number of hydrogen-bond donors (Lipinski definition) is 5. The van der Waals surface area contributed by atoms with Gasteiger partial charge >= 0.3 is 12.1 Å². The Morgan fingerprint density at radius 1 is 0.895 bits per heavy atom. The fraction of sp³-hybridized carbons (Fsp3) is 0.509. The maximum absolute atomic E-state index is 14.8. The number of halogens is 1. The normalized spacial score (nSPS) is 15.8. The van der Waals surface area contributed by atoms with Crippen LogP contribution in [0.3, 0.4) is 0 Å². The summed E-state index contributed by atoms with van der Waals surface area (Å²) in [4.78, 5) is 109. The van der Waals surface area contributed by atoms with Gasteiger partial charge in [0.2, 0.25) is 29.5 Å². The number of pyridine rings is 2. The number of esters is 1. The quantitative estimate of drug-likeness (QED) is 0.0258. The molecule has 1 unspecified atom stereocenters. The van der Waals surface area contributed by atoms with Gasteiger partial charge in [-0.25, -0.2) is 14.2 Å². The molecule has 3 atom stereocenters. The van der Waals surface area contributed by atoms with E-state index in [0.29, 0.717) is 75.5 Å². The van der Waals surface area contributed by atoms with Crippen LogP contribution in [0.4, 0.5) is 14.9 Å². The molecule has 0 spiro atoms. The van der Waals surface area contributed by atoms with Crippen molar-refractivity contribution in [3.05, 3.63) is 92.5 Å². The van der Waals surface area contributed by atoms with Crippen LogP contribution in [0.5, 0.6) is 0 Å². The molecule has 20 nitrogen and oxygen atoms in total. The van der Waals surface area contributed by atoms with Crippen molar-refractivity contribution in [2.45, 2.75) is 130 Å². The van der Waals surface area contributed by atoms with Crippen LogP contribution in [0.25, 0.3) is 22.3 Å². The highest BCUT2D eigenvalue weighted by molar-refractivity contribution is 6.03. The summed E-state index contributed by atoms with van der Waals surface area (Å²) in [6, 6.07) is 10.9. The van der Waals surface area contributed by atoms with Gasteiger partial charge in [0.15, 0.2) is 0 Å². The van der Waals surface area contributed by atoms with Crippen molar-refractivity contribution in [2.24, 2.45) is 17.6 Å². The van der Waals surface area contributed by atoms with Gasteiger partial charge in [0.05, 0.1) is 62.0 Å². The first-order valence-electron chi connectivity index (χ1n) is 26.2. The van der Waals surface area contributed by atoms with E-state index in [1.807, 2.05) is 0 Å². The van der Waals surface area contributed by atoms with Crippen LogP contribution in [0.15, 0.2) is 53.3 Å². The highest BCUT2D eigenvalue weighted by atomic mass is 19.1. The second-order valence-corrected chi connectivity index (χ2v) is 19.6. The standard InChI is InChI=1S/C55H69FN8O12/c1-4-49(67)75-32-37-14-17-46-50-42(30-64(46)53(37)70)41(40-25-33(2)43(56)28-45(40)61-50)29-58-55(72)76-31-36-12-15-39(16-13-36)60-52(69)44(11-7-8-19-57)62-51(68)34(3)59-47(65)18-21-73-23-24-74-22-20-63-48(66)27-38(54(63)71)26-35-9-5-6-10-35/h12-17,25,28,34-35,38,44H,4-11,18-24,26-27,29-32,57H2,1-3H3,(H,58,72)(H,59,65)(H,60,69)(H,62,68)/t34-,38?,44-/m0/s1. The Balaban J connectivity index is 0.833. The summed E-state index contributed by atoms with van der Waals surface area (Å²) >= 11 is 0. The van der Waals surface area contributed by atoms with Crippen LogP contribution in [-0.4, -0.2) is 108 Å². The summed E-state index contributed by atoms with van der Waals surface area (Å²) in [5, 5.41) is 11.6. The number of aromatic nitrogens is 2. The number of likely N-dealkylation sites (tertiary alicyclic amines) is 1. The van der Waals surface area contributed by atoms with Gasteiger partial charge in [0.1, 0.15) is 31.1 Å². The summed E-state index contributed by atoms with van der Waals surface area (Å²) in [6.45, 7) is 5.84. The highest BCUT2D eigenvalue weighted by Crippen LogP contribution is 2.37. The van der Waals surface area contributed by atoms with E-state index in [9.17, 15) is 42.7 Å². The molecule has 1 saturated carbocycles. The Labute approximate surface area is 440 Å². The number of carbonyl (C=O) groups is 7. The van der Waals surface area contributed by atoms with Gasteiger partial charge in [-0.2, -0.15) is 0 Å². The molecular formula is C55H69FN8O12. The van der Waals surface area contributed by atoms with E-state index in [2.05, 4.69) is 21.3 Å². The van der Waals surface area contributed by atoms with Gasteiger partial charge in [0, 0.05) is 54.4 Å². The molecule has 408 valence electrons. The van der Waals surface area contributed by atoms with E-state index < -0.39 is 47.7 Å². The van der Waals surface area contributed by atoms with Crippen molar-refractivity contribution in [2.75, 3.05) is 44.8 Å². The second-order valence-electron chi connectivity index (χ2n) is 19.6. The van der Waals surface area contributed by atoms with Crippen LogP contribution in [0.2, 0.25) is 0 Å². The molecule has 21 heteroatoms. The molecule has 6 amide bonds. The molecule has 1 saturated heterocycles. The van der Waals surface area contributed by atoms with Crippen molar-refractivity contribution in [3.8, 4) is 11.4 Å². The molecule has 76 heavy (non-hydrogen) atoms. The van der Waals surface area contributed by atoms with Crippen LogP contribution in [0, 0.1) is 24.6 Å². The zero-order valence-electron chi connectivity index (χ0n) is 43.5. The molecule has 0 radical (unpaired) electrons. The third-order valence-electron chi connectivity index (χ3n) is 14.1. The molecular weight excluding hydrogens is 984 g/mol. The average molecular weight is 1050 g/mol. The Hall–Kier alpha value is -7.10. The number of anilines is 1. The molecule has 4 heterocycles. The van der Waals surface area contributed by atoms with Crippen LogP contribution in [-0.2, 0) is 74.0 Å². The van der Waals surface area contributed by atoms with Crippen LogP contribution in [0.1, 0.15) is 112 Å². The van der Waals surface area contributed by atoms with Crippen molar-refractivity contribution in [1.82, 2.24) is 30.4 Å². The zero-order chi connectivity index (χ0) is 54.3. The molecule has 2 aromatic carbocycles. The second kappa shape index (κ2) is 27.1. The molecule has 2 aliphatic heterocycles. The number of ether oxygens (including phenoxy) is 4. The number of amides is 6. The lowest BCUT2D eigenvalue weighted by Gasteiger charge is -2.21. The number of benzene rings is 2. The fourth-order valence-corrected chi connectivity index (χ4v) is 9.77. The van der Waals surface area contributed by atoms with Crippen molar-refractivity contribution >= 4 is 58.2 Å². The zero-order valence-corrected chi connectivity index (χ0v) is 43.5. The average Bonchev–Trinajstić information content (AvgIpc) is 4.14. The smallest absolute Gasteiger partial charge is 0.407 e. The van der Waals surface area contributed by atoms with Crippen molar-refractivity contribution < 1.29 is 56.9 Å². The Bertz CT molecular complexity index is 2830. The number of nitrogens with one attached hydrogen (secondary N) is 4. The third-order valence-corrected chi connectivity index (χ3v) is 14.1. The van der Waals surface area contributed by atoms with E-state index in [0.717, 1.165) is 19.3 Å². The van der Waals surface area contributed by atoms with Gasteiger partial charge in [-0.1, -0.05) is 44.7 Å². The first-order chi connectivity index (χ1) is 36.6. The van der Waals surface area contributed by atoms with E-state index in [-0.39, 0.29) is 114 Å². The number of nitrogens with zero attached hydrogens (tertiary/aromatic N) is 3. The molecule has 1 aliphatic carbocycles. The summed E-state index contributed by atoms with van der Waals surface area (Å²) < 4.78 is 38.2. The monoisotopic (exact) mass is 1050 g/mol. The lowest BCUT2D eigenvalue weighted by molar-refractivity contribution is -0.144. The predicted molar refractivity (Wildman–Crippen MR) is 278 cm³/mol. The third kappa shape index (κ3) is 14.8. The Morgan fingerprint density at radius 2 is 1.64 bits per heavy atom. The van der Waals surface area contributed by atoms with E-state index in [4.69, 9.17) is 29.7 Å². The van der Waals surface area contributed by atoms with Crippen molar-refractivity contribution in [3.63, 3.8) is 0 Å². The summed E-state index contributed by atoms with van der Waals surface area (Å²) in [7, 11) is 0. The maximum atomic E-state index is 14.8. The lowest BCUT2D eigenvalue weighted by Crippen LogP contribution is -2.51. The minimum absolute atomic E-state index is 0.0276. The minimum Gasteiger partial charge on any atom is -0.461 e. The summed E-state index contributed by atoms with van der Waals surface area (Å²) in [5.74, 6) is -2.32. The minimum atomic E-state index is -0.966. The Morgan fingerprint density at radius 3 is 2.38 bits per heavy atom. The van der Waals surface area contributed by atoms with Crippen molar-refractivity contribution in [1.29, 1.82) is 0 Å². The first kappa shape index (κ1) is 56.6. The van der Waals surface area contributed by atoms with Gasteiger partial charge < -0.3 is 50.5 Å². The number of fused-ring (bicyclic) bond motifs is 4. The molecule has 3 aliphatic rings. The van der Waals surface area contributed by atoms with E-state index in [1.54, 1.807) is 56.3 Å². The summed E-state index contributed by atoms with van der Waals surface area (Å²) in [5.41, 5.74) is 9.65. The van der Waals surface area contributed by atoms with Crippen LogP contribution >= 0.6 is 0 Å².